The Labute approximate surface area is 72.9 Å². The van der Waals surface area contributed by atoms with Crippen LogP contribution in [-0.2, 0) is 9.53 Å². The molecule has 0 aromatic rings. The van der Waals surface area contributed by atoms with Gasteiger partial charge in [-0.05, 0) is 6.42 Å². The zero-order valence-electron chi connectivity index (χ0n) is 5.44. The molecule has 0 aromatic carbocycles. The Morgan fingerprint density at radius 2 is 2.11 bits per heavy atom. The topological polar surface area (TPSA) is 26.3 Å². The number of hydrogen-bond acceptors (Lipinski definition) is 2. The number of carbonyl (C=O) groups excluding carboxylic acids is 1. The zero-order valence-corrected chi connectivity index (χ0v) is 5.44. The minimum absolute atomic E-state index is 0. The van der Waals surface area contributed by atoms with Crippen LogP contribution in [0.25, 0.3) is 0 Å². The summed E-state index contributed by atoms with van der Waals surface area (Å²) in [6.45, 7) is 4.06. The van der Waals surface area contributed by atoms with E-state index in [1.807, 2.05) is 0 Å². The molecule has 56 valence electrons. The first-order valence-electron chi connectivity index (χ1n) is 2.90. The average molecular weight is 239 g/mol. The molecule has 0 saturated carbocycles. The van der Waals surface area contributed by atoms with Crippen LogP contribution in [0.15, 0.2) is 0 Å². The van der Waals surface area contributed by atoms with Gasteiger partial charge >= 0.3 is 29.9 Å². The van der Waals surface area contributed by atoms with Gasteiger partial charge in [0.05, 0.1) is 6.61 Å². The molecular formula is C6H16O2Sn. The molecule has 0 unspecified atom stereocenters. The number of unbranched alkanes of at least 4 members (excludes halogenated alkanes) is 1. The first kappa shape index (κ1) is 12.0. The van der Waals surface area contributed by atoms with Crippen molar-refractivity contribution >= 4 is 29.9 Å². The number of ether oxygens (including phenoxy) is 1. The van der Waals surface area contributed by atoms with Crippen LogP contribution in [0.3, 0.4) is 0 Å². The molecule has 0 heterocycles. The summed E-state index contributed by atoms with van der Waals surface area (Å²) in [4.78, 5) is 10.1. The van der Waals surface area contributed by atoms with Crippen LogP contribution in [0.4, 0.5) is 0 Å². The Hall–Kier alpha value is 0.269. The third-order valence-corrected chi connectivity index (χ3v) is 0.803. The Kier molecular flexibility index (Phi) is 11.0. The molecule has 0 rings (SSSR count). The van der Waals surface area contributed by atoms with E-state index in [9.17, 15) is 4.79 Å². The third kappa shape index (κ3) is 11.7. The van der Waals surface area contributed by atoms with Crippen molar-refractivity contribution in [2.24, 2.45) is 0 Å². The van der Waals surface area contributed by atoms with Crippen molar-refractivity contribution in [1.29, 1.82) is 0 Å². The average Bonchev–Trinajstić information content (AvgIpc) is 1.66. The molecule has 3 heteroatoms. The van der Waals surface area contributed by atoms with Crippen LogP contribution in [0, 0.1) is 0 Å². The Bertz CT molecular complexity index is 73.5. The van der Waals surface area contributed by atoms with Crippen molar-refractivity contribution in [2.45, 2.75) is 26.7 Å². The summed E-state index contributed by atoms with van der Waals surface area (Å²) in [6, 6.07) is 0. The van der Waals surface area contributed by atoms with E-state index in [0.717, 1.165) is 12.8 Å². The van der Waals surface area contributed by atoms with Gasteiger partial charge in [0, 0.05) is 6.92 Å². The summed E-state index contributed by atoms with van der Waals surface area (Å²) in [6.07, 6.45) is 2.05. The van der Waals surface area contributed by atoms with Gasteiger partial charge in [-0.3, -0.25) is 4.79 Å². The van der Waals surface area contributed by atoms with Gasteiger partial charge in [-0.25, -0.2) is 0 Å². The summed E-state index contributed by atoms with van der Waals surface area (Å²) in [5, 5.41) is 0. The van der Waals surface area contributed by atoms with E-state index < -0.39 is 0 Å². The van der Waals surface area contributed by atoms with Crippen LogP contribution in [-0.4, -0.2) is 36.5 Å². The number of hydrogen-bond donors (Lipinski definition) is 0. The molecule has 0 aliphatic carbocycles. The monoisotopic (exact) mass is 240 g/mol. The fraction of sp³-hybridized carbons (Fsp3) is 0.833. The van der Waals surface area contributed by atoms with Gasteiger partial charge in [0.25, 0.3) is 0 Å². The summed E-state index contributed by atoms with van der Waals surface area (Å²) in [7, 11) is 0. The molecule has 0 aliphatic heterocycles. The molecule has 0 aliphatic rings. The quantitative estimate of drug-likeness (QED) is 0.390. The van der Waals surface area contributed by atoms with Crippen molar-refractivity contribution < 1.29 is 9.53 Å². The number of carbonyl (C=O) groups is 1. The second-order valence-corrected chi connectivity index (χ2v) is 1.69. The molecule has 2 nitrogen and oxygen atoms in total. The standard InChI is InChI=1S/C6H12O2.Sn.4H/c1-3-4-5-8-6(2)7;;;;;/h3-5H2,1-2H3;;;;;. The predicted octanol–water partition coefficient (Wildman–Crippen LogP) is -0.102. The Balaban J connectivity index is 0. The van der Waals surface area contributed by atoms with Crippen LogP contribution in [0.1, 0.15) is 26.7 Å². The van der Waals surface area contributed by atoms with E-state index >= 15 is 0 Å². The molecular weight excluding hydrogens is 223 g/mol. The van der Waals surface area contributed by atoms with Crippen LogP contribution in [0.2, 0.25) is 0 Å². The second-order valence-electron chi connectivity index (χ2n) is 1.69. The van der Waals surface area contributed by atoms with Crippen molar-refractivity contribution in [3.05, 3.63) is 0 Å². The number of esters is 1. The van der Waals surface area contributed by atoms with E-state index in [4.69, 9.17) is 0 Å². The molecule has 0 bridgehead atoms. The van der Waals surface area contributed by atoms with Crippen molar-refractivity contribution in [3.63, 3.8) is 0 Å². The fourth-order valence-electron chi connectivity index (χ4n) is 0.360. The molecule has 0 N–H and O–H groups in total. The molecule has 0 amide bonds. The fourth-order valence-corrected chi connectivity index (χ4v) is 0.360. The maximum absolute atomic E-state index is 10.1. The van der Waals surface area contributed by atoms with Gasteiger partial charge in [-0.1, -0.05) is 13.3 Å². The van der Waals surface area contributed by atoms with Gasteiger partial charge in [0.15, 0.2) is 0 Å². The summed E-state index contributed by atoms with van der Waals surface area (Å²) >= 11 is 0. The SMILES string of the molecule is CCCCOC(C)=O.[SnH4]. The summed E-state index contributed by atoms with van der Waals surface area (Å²) in [5.74, 6) is -0.182. The van der Waals surface area contributed by atoms with E-state index in [0.29, 0.717) is 6.61 Å². The molecule has 0 fully saturated rings. The van der Waals surface area contributed by atoms with Gasteiger partial charge in [0.2, 0.25) is 0 Å². The minimum atomic E-state index is -0.182. The molecule has 0 spiro atoms. The first-order chi connectivity index (χ1) is 3.77. The molecule has 0 atom stereocenters. The third-order valence-electron chi connectivity index (χ3n) is 0.803. The zero-order chi connectivity index (χ0) is 6.41. The molecule has 0 radical (unpaired) electrons. The van der Waals surface area contributed by atoms with Gasteiger partial charge in [-0.15, -0.1) is 0 Å². The van der Waals surface area contributed by atoms with E-state index in [1.165, 1.54) is 6.92 Å². The van der Waals surface area contributed by atoms with E-state index in [2.05, 4.69) is 11.7 Å². The van der Waals surface area contributed by atoms with Crippen LogP contribution < -0.4 is 0 Å². The first-order valence-corrected chi connectivity index (χ1v) is 2.90. The van der Waals surface area contributed by atoms with E-state index in [1.54, 1.807) is 0 Å². The van der Waals surface area contributed by atoms with Crippen LogP contribution >= 0.6 is 0 Å². The molecule has 0 saturated heterocycles. The van der Waals surface area contributed by atoms with Crippen molar-refractivity contribution in [1.82, 2.24) is 0 Å². The summed E-state index contributed by atoms with van der Waals surface area (Å²) in [5.41, 5.74) is 0. The van der Waals surface area contributed by atoms with Gasteiger partial charge in [-0.2, -0.15) is 0 Å². The van der Waals surface area contributed by atoms with Crippen molar-refractivity contribution in [3.8, 4) is 0 Å². The molecule has 9 heavy (non-hydrogen) atoms. The van der Waals surface area contributed by atoms with Gasteiger partial charge in [0.1, 0.15) is 0 Å². The van der Waals surface area contributed by atoms with Crippen LogP contribution in [0.5, 0.6) is 0 Å². The summed E-state index contributed by atoms with van der Waals surface area (Å²) < 4.78 is 4.64. The van der Waals surface area contributed by atoms with Gasteiger partial charge < -0.3 is 4.74 Å². The normalized spacial score (nSPS) is 7.78. The maximum atomic E-state index is 10.1. The molecule has 0 aromatic heterocycles. The predicted molar refractivity (Wildman–Crippen MR) is 42.9 cm³/mol. The second kappa shape index (κ2) is 8.27. The Morgan fingerprint density at radius 1 is 1.56 bits per heavy atom. The van der Waals surface area contributed by atoms with E-state index in [-0.39, 0.29) is 29.9 Å². The van der Waals surface area contributed by atoms with Crippen molar-refractivity contribution in [2.75, 3.05) is 6.61 Å². The Morgan fingerprint density at radius 3 is 2.44 bits per heavy atom. The number of rotatable bonds is 3.